The van der Waals surface area contributed by atoms with E-state index >= 15 is 0 Å². The summed E-state index contributed by atoms with van der Waals surface area (Å²) < 4.78 is 1.05. The van der Waals surface area contributed by atoms with Crippen LogP contribution in [0.3, 0.4) is 0 Å². The summed E-state index contributed by atoms with van der Waals surface area (Å²) in [6.07, 6.45) is 0.735. The Hall–Kier alpha value is -1.53. The standard InChI is InChI=1S/C11H10N2O2S2/c14-11(15)13-6-9-12-7-10(17-9)16-8-4-2-1-3-5-8/h1-5,7,13H,6H2,(H,14,15). The number of nitrogens with zero attached hydrogens (tertiary/aromatic N) is 1. The Balaban J connectivity index is 1.97. The minimum Gasteiger partial charge on any atom is -0.465 e. The van der Waals surface area contributed by atoms with E-state index < -0.39 is 6.09 Å². The van der Waals surface area contributed by atoms with Gasteiger partial charge in [0, 0.05) is 4.90 Å². The van der Waals surface area contributed by atoms with Gasteiger partial charge in [0.2, 0.25) is 0 Å². The number of aromatic nitrogens is 1. The van der Waals surface area contributed by atoms with Crippen molar-refractivity contribution in [3.05, 3.63) is 41.5 Å². The van der Waals surface area contributed by atoms with Crippen molar-refractivity contribution in [3.63, 3.8) is 0 Å². The number of hydrogen-bond acceptors (Lipinski definition) is 4. The van der Waals surface area contributed by atoms with Crippen LogP contribution in [0.5, 0.6) is 0 Å². The van der Waals surface area contributed by atoms with Crippen LogP contribution in [0.2, 0.25) is 0 Å². The van der Waals surface area contributed by atoms with Gasteiger partial charge in [0.15, 0.2) is 0 Å². The van der Waals surface area contributed by atoms with E-state index in [0.717, 1.165) is 14.1 Å². The normalized spacial score (nSPS) is 10.1. The van der Waals surface area contributed by atoms with Crippen LogP contribution < -0.4 is 5.32 Å². The molecule has 4 nitrogen and oxygen atoms in total. The van der Waals surface area contributed by atoms with Gasteiger partial charge < -0.3 is 10.4 Å². The fourth-order valence-electron chi connectivity index (χ4n) is 1.18. The molecule has 0 bridgehead atoms. The molecule has 2 N–H and O–H groups in total. The molecule has 17 heavy (non-hydrogen) atoms. The summed E-state index contributed by atoms with van der Waals surface area (Å²) in [7, 11) is 0. The molecule has 0 aliphatic heterocycles. The van der Waals surface area contributed by atoms with Crippen LogP contribution in [0, 0.1) is 0 Å². The van der Waals surface area contributed by atoms with Crippen molar-refractivity contribution in [2.75, 3.05) is 0 Å². The maximum Gasteiger partial charge on any atom is 0.405 e. The molecule has 0 saturated carbocycles. The Bertz CT molecular complexity index is 499. The van der Waals surface area contributed by atoms with E-state index in [1.807, 2.05) is 30.3 Å². The van der Waals surface area contributed by atoms with Gasteiger partial charge in [0.05, 0.1) is 17.0 Å². The highest BCUT2D eigenvalue weighted by Gasteiger charge is 2.04. The van der Waals surface area contributed by atoms with Crippen molar-refractivity contribution in [2.24, 2.45) is 0 Å². The number of thiazole rings is 1. The first-order valence-corrected chi connectivity index (χ1v) is 6.52. The largest absolute Gasteiger partial charge is 0.465 e. The van der Waals surface area contributed by atoms with Gasteiger partial charge in [-0.25, -0.2) is 9.78 Å². The highest BCUT2D eigenvalue weighted by atomic mass is 32.2. The molecule has 0 unspecified atom stereocenters. The van der Waals surface area contributed by atoms with Gasteiger partial charge in [-0.1, -0.05) is 30.0 Å². The molecule has 0 aliphatic carbocycles. The molecular weight excluding hydrogens is 256 g/mol. The summed E-state index contributed by atoms with van der Waals surface area (Å²) >= 11 is 3.12. The minimum atomic E-state index is -1.03. The Morgan fingerprint density at radius 2 is 2.18 bits per heavy atom. The molecule has 88 valence electrons. The third-order valence-electron chi connectivity index (χ3n) is 1.88. The lowest BCUT2D eigenvalue weighted by atomic mass is 10.4. The molecule has 0 saturated heterocycles. The fourth-order valence-corrected chi connectivity index (χ4v) is 3.14. The van der Waals surface area contributed by atoms with Crippen molar-refractivity contribution >= 4 is 29.2 Å². The van der Waals surface area contributed by atoms with Gasteiger partial charge in [-0.05, 0) is 12.1 Å². The summed E-state index contributed by atoms with van der Waals surface area (Å²) in [6, 6.07) is 9.99. The molecule has 1 amide bonds. The third-order valence-corrected chi connectivity index (χ3v) is 3.99. The molecule has 2 rings (SSSR count). The average Bonchev–Trinajstić information content (AvgIpc) is 2.75. The SMILES string of the molecule is O=C(O)NCc1ncc(Sc2ccccc2)s1. The first-order valence-electron chi connectivity index (χ1n) is 4.88. The predicted octanol–water partition coefficient (Wildman–Crippen LogP) is 3.06. The number of carbonyl (C=O) groups is 1. The first kappa shape index (κ1) is 11.9. The van der Waals surface area contributed by atoms with Crippen LogP contribution in [0.25, 0.3) is 0 Å². The molecule has 0 spiro atoms. The maximum absolute atomic E-state index is 10.3. The van der Waals surface area contributed by atoms with Crippen molar-refractivity contribution in [3.8, 4) is 0 Å². The zero-order chi connectivity index (χ0) is 12.1. The average molecular weight is 266 g/mol. The van der Waals surface area contributed by atoms with Crippen molar-refractivity contribution < 1.29 is 9.90 Å². The van der Waals surface area contributed by atoms with E-state index in [4.69, 9.17) is 5.11 Å². The number of rotatable bonds is 4. The van der Waals surface area contributed by atoms with E-state index in [1.54, 1.807) is 18.0 Å². The smallest absolute Gasteiger partial charge is 0.405 e. The predicted molar refractivity (Wildman–Crippen MR) is 67.5 cm³/mol. The second-order valence-corrected chi connectivity index (χ2v) is 5.64. The summed E-state index contributed by atoms with van der Waals surface area (Å²) in [5, 5.41) is 11.5. The highest BCUT2D eigenvalue weighted by molar-refractivity contribution is 8.01. The highest BCUT2D eigenvalue weighted by Crippen LogP contribution is 2.31. The van der Waals surface area contributed by atoms with Gasteiger partial charge in [-0.15, -0.1) is 11.3 Å². The number of nitrogens with one attached hydrogen (secondary N) is 1. The van der Waals surface area contributed by atoms with E-state index in [-0.39, 0.29) is 6.54 Å². The quantitative estimate of drug-likeness (QED) is 0.892. The molecule has 1 heterocycles. The molecule has 6 heteroatoms. The minimum absolute atomic E-state index is 0.259. The van der Waals surface area contributed by atoms with E-state index in [0.29, 0.717) is 0 Å². The monoisotopic (exact) mass is 266 g/mol. The second kappa shape index (κ2) is 5.70. The van der Waals surface area contributed by atoms with Crippen LogP contribution in [0.4, 0.5) is 4.79 Å². The van der Waals surface area contributed by atoms with E-state index in [2.05, 4.69) is 10.3 Å². The zero-order valence-electron chi connectivity index (χ0n) is 8.79. The summed E-state index contributed by atoms with van der Waals surface area (Å²) in [5.74, 6) is 0. The molecular formula is C11H10N2O2S2. The van der Waals surface area contributed by atoms with Crippen LogP contribution in [-0.4, -0.2) is 16.2 Å². The van der Waals surface area contributed by atoms with E-state index in [9.17, 15) is 4.79 Å². The molecule has 0 radical (unpaired) electrons. The van der Waals surface area contributed by atoms with Crippen molar-refractivity contribution in [1.29, 1.82) is 0 Å². The van der Waals surface area contributed by atoms with Crippen LogP contribution in [0.15, 0.2) is 45.6 Å². The van der Waals surface area contributed by atoms with Crippen molar-refractivity contribution in [2.45, 2.75) is 15.6 Å². The number of amides is 1. The summed E-state index contributed by atoms with van der Waals surface area (Å²) in [4.78, 5) is 15.6. The number of benzene rings is 1. The molecule has 0 atom stereocenters. The van der Waals surface area contributed by atoms with Crippen LogP contribution >= 0.6 is 23.1 Å². The molecule has 0 fully saturated rings. The second-order valence-electron chi connectivity index (χ2n) is 3.15. The fraction of sp³-hybridized carbons (Fsp3) is 0.0909. The third kappa shape index (κ3) is 3.76. The van der Waals surface area contributed by atoms with Crippen LogP contribution in [0.1, 0.15) is 5.01 Å². The molecule has 1 aromatic carbocycles. The Morgan fingerprint density at radius 3 is 2.88 bits per heavy atom. The molecule has 0 aliphatic rings. The van der Waals surface area contributed by atoms with Gasteiger partial charge in [0.1, 0.15) is 5.01 Å². The maximum atomic E-state index is 10.3. The zero-order valence-corrected chi connectivity index (χ0v) is 10.4. The Morgan fingerprint density at radius 1 is 1.41 bits per heavy atom. The summed E-state index contributed by atoms with van der Waals surface area (Å²) in [6.45, 7) is 0.259. The van der Waals surface area contributed by atoms with E-state index in [1.165, 1.54) is 11.3 Å². The van der Waals surface area contributed by atoms with Gasteiger partial charge in [-0.3, -0.25) is 0 Å². The van der Waals surface area contributed by atoms with Gasteiger partial charge in [0.25, 0.3) is 0 Å². The van der Waals surface area contributed by atoms with Crippen molar-refractivity contribution in [1.82, 2.24) is 10.3 Å². The van der Waals surface area contributed by atoms with Gasteiger partial charge in [-0.2, -0.15) is 0 Å². The Labute approximate surface area is 107 Å². The van der Waals surface area contributed by atoms with Gasteiger partial charge >= 0.3 is 6.09 Å². The molecule has 2 aromatic rings. The molecule has 1 aromatic heterocycles. The Kier molecular flexibility index (Phi) is 4.00. The lowest BCUT2D eigenvalue weighted by Gasteiger charge is -1.96. The lowest BCUT2D eigenvalue weighted by molar-refractivity contribution is 0.194. The number of hydrogen-bond donors (Lipinski definition) is 2. The lowest BCUT2D eigenvalue weighted by Crippen LogP contribution is -2.19. The van der Waals surface area contributed by atoms with Crippen LogP contribution in [-0.2, 0) is 6.54 Å². The topological polar surface area (TPSA) is 62.2 Å². The first-order chi connectivity index (χ1) is 8.24. The summed E-state index contributed by atoms with van der Waals surface area (Å²) in [5.41, 5.74) is 0. The number of carboxylic acid groups (broad SMARTS) is 1.